The maximum Gasteiger partial charge on any atom is 0.274 e. The van der Waals surface area contributed by atoms with Crippen molar-refractivity contribution in [1.82, 2.24) is 10.3 Å². The molecule has 0 fully saturated rings. The van der Waals surface area contributed by atoms with Gasteiger partial charge in [0.2, 0.25) is 12.0 Å². The van der Waals surface area contributed by atoms with Crippen molar-refractivity contribution in [2.45, 2.75) is 19.1 Å². The van der Waals surface area contributed by atoms with Gasteiger partial charge in [-0.15, -0.1) is 0 Å². The van der Waals surface area contributed by atoms with E-state index in [1.54, 1.807) is 18.3 Å². The molecule has 1 aromatic heterocycles. The molecule has 2 aromatic carbocycles. The molecule has 2 heterocycles. The summed E-state index contributed by atoms with van der Waals surface area (Å²) in [5.74, 6) is 0.252. The molecule has 6 heteroatoms. The number of hydrogen-bond acceptors (Lipinski definition) is 4. The number of hydrogen-bond donors (Lipinski definition) is 1. The first-order chi connectivity index (χ1) is 14.1. The van der Waals surface area contributed by atoms with Gasteiger partial charge in [0, 0.05) is 11.8 Å². The number of carbonyl (C=O) groups is 2. The number of benzene rings is 2. The van der Waals surface area contributed by atoms with Crippen molar-refractivity contribution in [3.63, 3.8) is 0 Å². The molecular formula is C23H21N3O3. The lowest BCUT2D eigenvalue weighted by Gasteiger charge is -2.33. The number of amides is 2. The zero-order chi connectivity index (χ0) is 20.2. The van der Waals surface area contributed by atoms with Crippen LogP contribution in [-0.2, 0) is 9.59 Å². The second-order valence-corrected chi connectivity index (χ2v) is 6.86. The summed E-state index contributed by atoms with van der Waals surface area (Å²) in [6, 6.07) is 22.2. The number of rotatable bonds is 5. The van der Waals surface area contributed by atoms with Crippen molar-refractivity contribution in [2.24, 2.45) is 0 Å². The minimum Gasteiger partial charge on any atom is -0.472 e. The highest BCUT2D eigenvalue weighted by atomic mass is 16.5. The lowest BCUT2D eigenvalue weighted by atomic mass is 10.1. The Labute approximate surface area is 169 Å². The summed E-state index contributed by atoms with van der Waals surface area (Å²) in [6.07, 6.45) is 0.766. The predicted octanol–water partition coefficient (Wildman–Crippen LogP) is 3.43. The highest BCUT2D eigenvalue weighted by molar-refractivity contribution is 6.03. The number of anilines is 1. The van der Waals surface area contributed by atoms with Gasteiger partial charge in [-0.2, -0.15) is 0 Å². The fraction of sp³-hybridized carbons (Fsp3) is 0.174. The molecule has 0 aliphatic carbocycles. The molecule has 146 valence electrons. The van der Waals surface area contributed by atoms with Crippen LogP contribution in [0.5, 0.6) is 5.75 Å². The first-order valence-corrected chi connectivity index (χ1v) is 9.46. The van der Waals surface area contributed by atoms with E-state index in [2.05, 4.69) is 10.3 Å². The zero-order valence-electron chi connectivity index (χ0n) is 16.0. The van der Waals surface area contributed by atoms with Gasteiger partial charge in [0.25, 0.3) is 5.91 Å². The molecule has 2 atom stereocenters. The monoisotopic (exact) mass is 387 g/mol. The third-order valence-corrected chi connectivity index (χ3v) is 4.82. The maximum absolute atomic E-state index is 13.2. The molecular weight excluding hydrogens is 366 g/mol. The molecule has 3 aromatic rings. The molecule has 2 unspecified atom stereocenters. The molecule has 0 bridgehead atoms. The quantitative estimate of drug-likeness (QED) is 0.728. The van der Waals surface area contributed by atoms with E-state index in [-0.39, 0.29) is 24.4 Å². The number of ether oxygens (including phenoxy) is 1. The van der Waals surface area contributed by atoms with Crippen LogP contribution in [0.3, 0.4) is 0 Å². The van der Waals surface area contributed by atoms with Gasteiger partial charge in [-0.25, -0.2) is 4.98 Å². The fourth-order valence-corrected chi connectivity index (χ4v) is 3.35. The van der Waals surface area contributed by atoms with Gasteiger partial charge in [-0.1, -0.05) is 60.7 Å². The Morgan fingerprint density at radius 1 is 1.07 bits per heavy atom. The minimum atomic E-state index is -0.813. The van der Waals surface area contributed by atoms with Crippen LogP contribution < -0.4 is 15.0 Å². The zero-order valence-corrected chi connectivity index (χ0v) is 16.0. The first kappa shape index (κ1) is 18.7. The summed E-state index contributed by atoms with van der Waals surface area (Å²) in [4.78, 5) is 31.5. The Balaban J connectivity index is 1.56. The average molecular weight is 387 g/mol. The highest BCUT2D eigenvalue weighted by Crippen LogP contribution is 2.36. The summed E-state index contributed by atoms with van der Waals surface area (Å²) in [7, 11) is 0. The van der Waals surface area contributed by atoms with E-state index in [0.717, 1.165) is 11.1 Å². The highest BCUT2D eigenvalue weighted by Gasteiger charge is 2.37. The van der Waals surface area contributed by atoms with Crippen molar-refractivity contribution >= 4 is 17.6 Å². The van der Waals surface area contributed by atoms with Crippen molar-refractivity contribution in [1.29, 1.82) is 0 Å². The predicted molar refractivity (Wildman–Crippen MR) is 109 cm³/mol. The van der Waals surface area contributed by atoms with Gasteiger partial charge >= 0.3 is 0 Å². The van der Waals surface area contributed by atoms with E-state index in [1.165, 1.54) is 4.90 Å². The van der Waals surface area contributed by atoms with Crippen LogP contribution in [-0.4, -0.2) is 23.3 Å². The van der Waals surface area contributed by atoms with Crippen LogP contribution in [0.2, 0.25) is 0 Å². The van der Waals surface area contributed by atoms with Crippen LogP contribution in [0.25, 0.3) is 0 Å². The second kappa shape index (κ2) is 8.14. The number of aromatic nitrogens is 1. The minimum absolute atomic E-state index is 0.132. The fourth-order valence-electron chi connectivity index (χ4n) is 3.35. The summed E-state index contributed by atoms with van der Waals surface area (Å²) in [5.41, 5.74) is 1.73. The van der Waals surface area contributed by atoms with Crippen molar-refractivity contribution in [3.05, 3.63) is 90.1 Å². The molecule has 4 rings (SSSR count). The van der Waals surface area contributed by atoms with Gasteiger partial charge in [0.15, 0.2) is 11.6 Å². The van der Waals surface area contributed by atoms with Gasteiger partial charge in [-0.05, 0) is 24.6 Å². The van der Waals surface area contributed by atoms with E-state index in [1.807, 2.05) is 67.6 Å². The summed E-state index contributed by atoms with van der Waals surface area (Å²) in [5, 5.41) is 2.95. The molecule has 0 radical (unpaired) electrons. The molecule has 0 spiro atoms. The number of nitrogens with one attached hydrogen (secondary N) is 1. The molecule has 6 nitrogen and oxygen atoms in total. The number of nitrogens with zero attached hydrogens (tertiary/aromatic N) is 2. The van der Waals surface area contributed by atoms with Crippen LogP contribution >= 0.6 is 0 Å². The average Bonchev–Trinajstić information content (AvgIpc) is 2.76. The van der Waals surface area contributed by atoms with Gasteiger partial charge in [0.05, 0.1) is 6.04 Å². The Hall–Kier alpha value is -3.67. The Bertz CT molecular complexity index is 1010. The summed E-state index contributed by atoms with van der Waals surface area (Å²) in [6.45, 7) is 1.78. The largest absolute Gasteiger partial charge is 0.472 e. The third-order valence-electron chi connectivity index (χ3n) is 4.82. The van der Waals surface area contributed by atoms with Crippen LogP contribution in [0.15, 0.2) is 79.0 Å². The smallest absolute Gasteiger partial charge is 0.274 e. The van der Waals surface area contributed by atoms with Crippen molar-refractivity contribution in [3.8, 4) is 5.75 Å². The van der Waals surface area contributed by atoms with Gasteiger partial charge in [0.1, 0.15) is 6.54 Å². The normalized spacial score (nSPS) is 16.5. The standard InChI is InChI=1S/C23H21N3O3/c1-16(17-9-4-2-5-10-17)25-20(27)15-26-22-19(13-8-14-24-22)29-21(23(26)28)18-11-6-3-7-12-18/h2-14,16,21H,15H2,1H3,(H,25,27). The van der Waals surface area contributed by atoms with E-state index in [0.29, 0.717) is 11.6 Å². The second-order valence-electron chi connectivity index (χ2n) is 6.86. The Morgan fingerprint density at radius 3 is 2.48 bits per heavy atom. The van der Waals surface area contributed by atoms with Crippen LogP contribution in [0.1, 0.15) is 30.2 Å². The maximum atomic E-state index is 13.2. The van der Waals surface area contributed by atoms with Gasteiger partial charge < -0.3 is 10.1 Å². The molecule has 1 aliphatic heterocycles. The molecule has 29 heavy (non-hydrogen) atoms. The van der Waals surface area contributed by atoms with E-state index < -0.39 is 6.10 Å². The van der Waals surface area contributed by atoms with E-state index in [9.17, 15) is 9.59 Å². The lowest BCUT2D eigenvalue weighted by Crippen LogP contribution is -2.47. The number of pyridine rings is 1. The third kappa shape index (κ3) is 3.96. The molecule has 1 N–H and O–H groups in total. The molecule has 0 saturated heterocycles. The number of fused-ring (bicyclic) bond motifs is 1. The molecule has 1 aliphatic rings. The molecule has 2 amide bonds. The summed E-state index contributed by atoms with van der Waals surface area (Å²) < 4.78 is 5.91. The molecule has 0 saturated carbocycles. The first-order valence-electron chi connectivity index (χ1n) is 9.46. The van der Waals surface area contributed by atoms with Gasteiger partial charge in [-0.3, -0.25) is 14.5 Å². The van der Waals surface area contributed by atoms with Crippen molar-refractivity contribution in [2.75, 3.05) is 11.4 Å². The number of carbonyl (C=O) groups excluding carboxylic acids is 2. The lowest BCUT2D eigenvalue weighted by molar-refractivity contribution is -0.129. The Morgan fingerprint density at radius 2 is 1.76 bits per heavy atom. The van der Waals surface area contributed by atoms with E-state index >= 15 is 0 Å². The van der Waals surface area contributed by atoms with Crippen molar-refractivity contribution < 1.29 is 14.3 Å². The van der Waals surface area contributed by atoms with Crippen LogP contribution in [0, 0.1) is 0 Å². The van der Waals surface area contributed by atoms with Crippen LogP contribution in [0.4, 0.5) is 5.82 Å². The van der Waals surface area contributed by atoms with E-state index in [4.69, 9.17) is 4.74 Å². The SMILES string of the molecule is CC(NC(=O)CN1C(=O)C(c2ccccc2)Oc2cccnc21)c1ccccc1. The summed E-state index contributed by atoms with van der Waals surface area (Å²) >= 11 is 0. The Kier molecular flexibility index (Phi) is 5.24. The topological polar surface area (TPSA) is 71.5 Å².